The van der Waals surface area contributed by atoms with Crippen LogP contribution in [0.2, 0.25) is 0 Å². The van der Waals surface area contributed by atoms with Crippen LogP contribution in [0.5, 0.6) is 11.5 Å². The number of carbonyl (C=O) groups is 1. The van der Waals surface area contributed by atoms with Gasteiger partial charge in [0.1, 0.15) is 5.82 Å². The molecular formula is C21H22FN3O4. The van der Waals surface area contributed by atoms with Gasteiger partial charge in [0, 0.05) is 20.1 Å². The van der Waals surface area contributed by atoms with Crippen LogP contribution in [0.15, 0.2) is 47.6 Å². The lowest BCUT2D eigenvalue weighted by atomic mass is 9.98. The molecule has 1 unspecified atom stereocenters. The first-order valence-electron chi connectivity index (χ1n) is 9.40. The predicted octanol–water partition coefficient (Wildman–Crippen LogP) is 2.47. The van der Waals surface area contributed by atoms with E-state index >= 15 is 0 Å². The molecule has 4 rings (SSSR count). The molecular weight excluding hydrogens is 377 g/mol. The summed E-state index contributed by atoms with van der Waals surface area (Å²) < 4.78 is 29.2. The average molecular weight is 399 g/mol. The van der Waals surface area contributed by atoms with Crippen LogP contribution in [0.3, 0.4) is 0 Å². The van der Waals surface area contributed by atoms with Crippen molar-refractivity contribution in [3.63, 3.8) is 0 Å². The SMILES string of the molecule is COCCNCC(=O)N1N=C(c2ccc(F)cc2)CC1c1ccc2c(c1)OCO2. The molecule has 0 aromatic heterocycles. The topological polar surface area (TPSA) is 72.4 Å². The number of amides is 1. The molecule has 0 radical (unpaired) electrons. The molecule has 1 atom stereocenters. The third-order valence-electron chi connectivity index (χ3n) is 4.88. The molecule has 0 saturated heterocycles. The molecule has 7 nitrogen and oxygen atoms in total. The van der Waals surface area contributed by atoms with E-state index in [4.69, 9.17) is 14.2 Å². The van der Waals surface area contributed by atoms with Gasteiger partial charge >= 0.3 is 0 Å². The predicted molar refractivity (Wildman–Crippen MR) is 104 cm³/mol. The van der Waals surface area contributed by atoms with Crippen molar-refractivity contribution in [1.29, 1.82) is 0 Å². The van der Waals surface area contributed by atoms with Crippen molar-refractivity contribution in [3.8, 4) is 11.5 Å². The van der Waals surface area contributed by atoms with E-state index in [1.54, 1.807) is 19.2 Å². The Morgan fingerprint density at radius 2 is 2.03 bits per heavy atom. The fourth-order valence-corrected chi connectivity index (χ4v) is 3.39. The lowest BCUT2D eigenvalue weighted by molar-refractivity contribution is -0.132. The summed E-state index contributed by atoms with van der Waals surface area (Å²) in [6.45, 7) is 1.42. The Balaban J connectivity index is 1.58. The Bertz CT molecular complexity index is 917. The van der Waals surface area contributed by atoms with Crippen LogP contribution in [0.4, 0.5) is 4.39 Å². The molecule has 29 heavy (non-hydrogen) atoms. The van der Waals surface area contributed by atoms with Gasteiger partial charge in [0.25, 0.3) is 5.91 Å². The highest BCUT2D eigenvalue weighted by Gasteiger charge is 2.33. The number of nitrogens with one attached hydrogen (secondary N) is 1. The van der Waals surface area contributed by atoms with Gasteiger partial charge in [-0.3, -0.25) is 4.79 Å². The number of rotatable bonds is 7. The maximum Gasteiger partial charge on any atom is 0.257 e. The average Bonchev–Trinajstić information content (AvgIpc) is 3.38. The van der Waals surface area contributed by atoms with Gasteiger partial charge in [0.05, 0.1) is 24.9 Å². The summed E-state index contributed by atoms with van der Waals surface area (Å²) >= 11 is 0. The van der Waals surface area contributed by atoms with Crippen molar-refractivity contribution < 1.29 is 23.4 Å². The summed E-state index contributed by atoms with van der Waals surface area (Å²) in [5.74, 6) is 0.879. The highest BCUT2D eigenvalue weighted by atomic mass is 19.1. The number of fused-ring (bicyclic) bond motifs is 1. The van der Waals surface area contributed by atoms with Crippen LogP contribution in [0.1, 0.15) is 23.6 Å². The van der Waals surface area contributed by atoms with Crippen molar-refractivity contribution in [1.82, 2.24) is 10.3 Å². The number of halogens is 1. The number of carbonyl (C=O) groups excluding carboxylic acids is 1. The number of hydrogen-bond donors (Lipinski definition) is 1. The second kappa shape index (κ2) is 8.59. The van der Waals surface area contributed by atoms with Gasteiger partial charge < -0.3 is 19.5 Å². The second-order valence-corrected chi connectivity index (χ2v) is 6.79. The lowest BCUT2D eigenvalue weighted by Gasteiger charge is -2.22. The number of benzene rings is 2. The van der Waals surface area contributed by atoms with E-state index in [-0.39, 0.29) is 31.1 Å². The number of methoxy groups -OCH3 is 1. The summed E-state index contributed by atoms with van der Waals surface area (Å²) in [6.07, 6.45) is 0.523. The van der Waals surface area contributed by atoms with Gasteiger partial charge in [-0.15, -0.1) is 0 Å². The molecule has 152 valence electrons. The summed E-state index contributed by atoms with van der Waals surface area (Å²) in [6, 6.07) is 11.5. The Kier molecular flexibility index (Phi) is 5.73. The van der Waals surface area contributed by atoms with Crippen molar-refractivity contribution in [2.45, 2.75) is 12.5 Å². The van der Waals surface area contributed by atoms with Crippen molar-refractivity contribution in [2.24, 2.45) is 5.10 Å². The molecule has 2 aliphatic heterocycles. The Hall–Kier alpha value is -2.97. The zero-order chi connectivity index (χ0) is 20.2. The molecule has 2 aromatic rings. The first-order valence-corrected chi connectivity index (χ1v) is 9.40. The molecule has 2 aromatic carbocycles. The molecule has 0 spiro atoms. The highest BCUT2D eigenvalue weighted by Crippen LogP contribution is 2.39. The van der Waals surface area contributed by atoms with E-state index in [2.05, 4.69) is 10.4 Å². The number of hydrogen-bond acceptors (Lipinski definition) is 6. The zero-order valence-electron chi connectivity index (χ0n) is 16.1. The fourth-order valence-electron chi connectivity index (χ4n) is 3.39. The Morgan fingerprint density at radius 1 is 1.24 bits per heavy atom. The molecule has 1 N–H and O–H groups in total. The second-order valence-electron chi connectivity index (χ2n) is 6.79. The molecule has 1 amide bonds. The minimum absolute atomic E-state index is 0.143. The molecule has 0 saturated carbocycles. The molecule has 2 heterocycles. The van der Waals surface area contributed by atoms with Crippen molar-refractivity contribution in [3.05, 3.63) is 59.4 Å². The third-order valence-corrected chi connectivity index (χ3v) is 4.88. The quantitative estimate of drug-likeness (QED) is 0.725. The smallest absolute Gasteiger partial charge is 0.257 e. The summed E-state index contributed by atoms with van der Waals surface area (Å²) in [7, 11) is 1.61. The maximum absolute atomic E-state index is 13.3. The molecule has 0 aliphatic carbocycles. The monoisotopic (exact) mass is 399 g/mol. The van der Waals surface area contributed by atoms with E-state index < -0.39 is 0 Å². The van der Waals surface area contributed by atoms with Gasteiger partial charge in [-0.2, -0.15) is 5.10 Å². The molecule has 0 bridgehead atoms. The third kappa shape index (κ3) is 4.23. The summed E-state index contributed by atoms with van der Waals surface area (Å²) in [4.78, 5) is 12.9. The van der Waals surface area contributed by atoms with Crippen LogP contribution < -0.4 is 14.8 Å². The first kappa shape index (κ1) is 19.4. The van der Waals surface area contributed by atoms with Crippen LogP contribution in [0.25, 0.3) is 0 Å². The lowest BCUT2D eigenvalue weighted by Crippen LogP contribution is -2.36. The van der Waals surface area contributed by atoms with Gasteiger partial charge in [-0.25, -0.2) is 9.40 Å². The van der Waals surface area contributed by atoms with Crippen LogP contribution in [-0.2, 0) is 9.53 Å². The standard InChI is InChI=1S/C21H22FN3O4/c1-27-9-8-23-12-21(26)25-18(15-4-7-19-20(10-15)29-13-28-19)11-17(24-25)14-2-5-16(22)6-3-14/h2-7,10,18,23H,8-9,11-13H2,1H3. The van der Waals surface area contributed by atoms with E-state index in [1.165, 1.54) is 17.1 Å². The largest absolute Gasteiger partial charge is 0.454 e. The van der Waals surface area contributed by atoms with Crippen molar-refractivity contribution >= 4 is 11.6 Å². The van der Waals surface area contributed by atoms with Gasteiger partial charge in [0.15, 0.2) is 11.5 Å². The number of hydrazone groups is 1. The first-order chi connectivity index (χ1) is 14.2. The fraction of sp³-hybridized carbons (Fsp3) is 0.333. The minimum atomic E-state index is -0.310. The molecule has 8 heteroatoms. The molecule has 0 fully saturated rings. The van der Waals surface area contributed by atoms with Crippen molar-refractivity contribution in [2.75, 3.05) is 33.6 Å². The minimum Gasteiger partial charge on any atom is -0.454 e. The Morgan fingerprint density at radius 3 is 2.83 bits per heavy atom. The normalized spacial score (nSPS) is 17.5. The Labute approximate surface area is 168 Å². The van der Waals surface area contributed by atoms with Crippen LogP contribution >= 0.6 is 0 Å². The maximum atomic E-state index is 13.3. The summed E-state index contributed by atoms with van der Waals surface area (Å²) in [5, 5.41) is 9.13. The summed E-state index contributed by atoms with van der Waals surface area (Å²) in [5.41, 5.74) is 2.43. The van der Waals surface area contributed by atoms with Crippen LogP contribution in [0, 0.1) is 5.82 Å². The molecule has 2 aliphatic rings. The van der Waals surface area contributed by atoms with E-state index in [0.29, 0.717) is 31.1 Å². The number of ether oxygens (including phenoxy) is 3. The van der Waals surface area contributed by atoms with E-state index in [0.717, 1.165) is 16.8 Å². The zero-order valence-corrected chi connectivity index (χ0v) is 16.1. The van der Waals surface area contributed by atoms with Gasteiger partial charge in [-0.05, 0) is 35.4 Å². The number of nitrogens with zero attached hydrogens (tertiary/aromatic N) is 2. The highest BCUT2D eigenvalue weighted by molar-refractivity contribution is 6.03. The van der Waals surface area contributed by atoms with E-state index in [9.17, 15) is 9.18 Å². The van der Waals surface area contributed by atoms with Gasteiger partial charge in [-0.1, -0.05) is 18.2 Å². The van der Waals surface area contributed by atoms with E-state index in [1.807, 2.05) is 18.2 Å². The van der Waals surface area contributed by atoms with Crippen LogP contribution in [-0.4, -0.2) is 50.2 Å². The van der Waals surface area contributed by atoms with Gasteiger partial charge in [0.2, 0.25) is 6.79 Å².